The zero-order valence-electron chi connectivity index (χ0n) is 9.00. The van der Waals surface area contributed by atoms with Crippen molar-refractivity contribution in [2.24, 2.45) is 5.92 Å². The van der Waals surface area contributed by atoms with Crippen LogP contribution in [0.4, 0.5) is 0 Å². The molecule has 0 amide bonds. The summed E-state index contributed by atoms with van der Waals surface area (Å²) in [6.07, 6.45) is 3.92. The van der Waals surface area contributed by atoms with Crippen molar-refractivity contribution < 1.29 is 4.74 Å². The monoisotopic (exact) mass is 198 g/mol. The number of hydrogen-bond donors (Lipinski definition) is 1. The predicted molar refractivity (Wildman–Crippen MR) is 57.5 cm³/mol. The Kier molecular flexibility index (Phi) is 4.22. The van der Waals surface area contributed by atoms with Crippen molar-refractivity contribution in [1.29, 1.82) is 0 Å². The first-order valence-corrected chi connectivity index (χ1v) is 5.96. The number of nitrogens with one attached hydrogen (secondary N) is 1. The smallest absolute Gasteiger partial charge is 0.0506 e. The fourth-order valence-electron chi connectivity index (χ4n) is 2.40. The summed E-state index contributed by atoms with van der Waals surface area (Å²) < 4.78 is 5.51. The van der Waals surface area contributed by atoms with Gasteiger partial charge in [-0.3, -0.25) is 0 Å². The van der Waals surface area contributed by atoms with Crippen molar-refractivity contribution in [3.05, 3.63) is 0 Å². The first-order chi connectivity index (χ1) is 6.95. The van der Waals surface area contributed by atoms with Crippen LogP contribution in [0.25, 0.3) is 0 Å². The van der Waals surface area contributed by atoms with E-state index in [9.17, 15) is 0 Å². The lowest BCUT2D eigenvalue weighted by Gasteiger charge is -2.28. The van der Waals surface area contributed by atoms with Gasteiger partial charge in [-0.25, -0.2) is 0 Å². The maximum Gasteiger partial charge on any atom is 0.0506 e. The highest BCUT2D eigenvalue weighted by Crippen LogP contribution is 2.15. The molecule has 0 aliphatic carbocycles. The zero-order valence-corrected chi connectivity index (χ0v) is 9.00. The van der Waals surface area contributed by atoms with E-state index in [1.165, 1.54) is 45.4 Å². The molecule has 1 unspecified atom stereocenters. The van der Waals surface area contributed by atoms with Gasteiger partial charge in [0.25, 0.3) is 0 Å². The Labute approximate surface area is 86.8 Å². The second kappa shape index (κ2) is 5.69. The molecule has 0 aromatic rings. The molecule has 0 aromatic carbocycles. The second-order valence-corrected chi connectivity index (χ2v) is 4.49. The highest BCUT2D eigenvalue weighted by Gasteiger charge is 2.18. The van der Waals surface area contributed by atoms with Crippen LogP contribution >= 0.6 is 0 Å². The van der Waals surface area contributed by atoms with Gasteiger partial charge >= 0.3 is 0 Å². The molecule has 2 aliphatic rings. The van der Waals surface area contributed by atoms with Crippen LogP contribution in [0.1, 0.15) is 19.3 Å². The summed E-state index contributed by atoms with van der Waals surface area (Å²) in [5.41, 5.74) is 0. The van der Waals surface area contributed by atoms with Gasteiger partial charge in [0.05, 0.1) is 6.61 Å². The fourth-order valence-corrected chi connectivity index (χ4v) is 2.40. The Morgan fingerprint density at radius 3 is 3.07 bits per heavy atom. The lowest BCUT2D eigenvalue weighted by Crippen LogP contribution is -2.35. The summed E-state index contributed by atoms with van der Waals surface area (Å²) in [5, 5.41) is 3.44. The molecule has 14 heavy (non-hydrogen) atoms. The van der Waals surface area contributed by atoms with E-state index < -0.39 is 0 Å². The Morgan fingerprint density at radius 1 is 1.21 bits per heavy atom. The zero-order chi connectivity index (χ0) is 9.64. The summed E-state index contributed by atoms with van der Waals surface area (Å²) in [6.45, 7) is 8.06. The van der Waals surface area contributed by atoms with Crippen LogP contribution in [0, 0.1) is 5.92 Å². The summed E-state index contributed by atoms with van der Waals surface area (Å²) in [7, 11) is 0. The van der Waals surface area contributed by atoms with Crippen LogP contribution in [0.15, 0.2) is 0 Å². The van der Waals surface area contributed by atoms with Crippen molar-refractivity contribution in [2.75, 3.05) is 45.9 Å². The lowest BCUT2D eigenvalue weighted by molar-refractivity contribution is 0.0394. The average Bonchev–Trinajstić information content (AvgIpc) is 2.48. The molecule has 0 radical (unpaired) electrons. The molecule has 2 saturated heterocycles. The molecule has 1 atom stereocenters. The second-order valence-electron chi connectivity index (χ2n) is 4.49. The van der Waals surface area contributed by atoms with Crippen molar-refractivity contribution in [3.8, 4) is 0 Å². The summed E-state index contributed by atoms with van der Waals surface area (Å²) >= 11 is 0. The summed E-state index contributed by atoms with van der Waals surface area (Å²) in [5.74, 6) is 0.793. The highest BCUT2D eigenvalue weighted by molar-refractivity contribution is 4.72. The Hall–Kier alpha value is -0.120. The van der Waals surface area contributed by atoms with Crippen LogP contribution in [-0.2, 0) is 4.74 Å². The first kappa shape index (κ1) is 10.4. The van der Waals surface area contributed by atoms with Crippen LogP contribution in [0.2, 0.25) is 0 Å². The maximum atomic E-state index is 5.51. The van der Waals surface area contributed by atoms with Gasteiger partial charge in [0.1, 0.15) is 0 Å². The van der Waals surface area contributed by atoms with E-state index in [0.717, 1.165) is 25.7 Å². The molecule has 1 N–H and O–H groups in total. The average molecular weight is 198 g/mol. The molecule has 82 valence electrons. The molecular formula is C11H22N2O. The quantitative estimate of drug-likeness (QED) is 0.707. The standard InChI is InChI=1S/C11H22N2O/c1-3-11(10-14-8-1)9-13-6-2-4-12-5-7-13/h11-12H,1-10H2. The molecular weight excluding hydrogens is 176 g/mol. The van der Waals surface area contributed by atoms with Crippen LogP contribution in [-0.4, -0.2) is 50.8 Å². The third-order valence-electron chi connectivity index (χ3n) is 3.20. The van der Waals surface area contributed by atoms with Crippen LogP contribution in [0.3, 0.4) is 0 Å². The van der Waals surface area contributed by atoms with E-state index in [4.69, 9.17) is 4.74 Å². The molecule has 0 spiro atoms. The molecule has 0 aromatic heterocycles. The van der Waals surface area contributed by atoms with Gasteiger partial charge in [0.2, 0.25) is 0 Å². The Balaban J connectivity index is 1.71. The molecule has 2 heterocycles. The molecule has 2 fully saturated rings. The van der Waals surface area contributed by atoms with E-state index in [0.29, 0.717) is 0 Å². The van der Waals surface area contributed by atoms with Gasteiger partial charge in [0.15, 0.2) is 0 Å². The van der Waals surface area contributed by atoms with E-state index in [2.05, 4.69) is 10.2 Å². The van der Waals surface area contributed by atoms with Gasteiger partial charge < -0.3 is 15.0 Å². The normalized spacial score (nSPS) is 31.3. The Bertz CT molecular complexity index is 149. The SMILES string of the molecule is C1COCC(CN2CCCNCC2)C1. The van der Waals surface area contributed by atoms with Crippen molar-refractivity contribution >= 4 is 0 Å². The van der Waals surface area contributed by atoms with Crippen molar-refractivity contribution in [1.82, 2.24) is 10.2 Å². The minimum atomic E-state index is 0.793. The van der Waals surface area contributed by atoms with E-state index in [-0.39, 0.29) is 0 Å². The number of rotatable bonds is 2. The van der Waals surface area contributed by atoms with Gasteiger partial charge in [-0.1, -0.05) is 0 Å². The third kappa shape index (κ3) is 3.23. The summed E-state index contributed by atoms with van der Waals surface area (Å²) in [6, 6.07) is 0. The van der Waals surface area contributed by atoms with Gasteiger partial charge in [-0.15, -0.1) is 0 Å². The van der Waals surface area contributed by atoms with Crippen molar-refractivity contribution in [3.63, 3.8) is 0 Å². The number of nitrogens with zero attached hydrogens (tertiary/aromatic N) is 1. The Morgan fingerprint density at radius 2 is 2.21 bits per heavy atom. The predicted octanol–water partition coefficient (Wildman–Crippen LogP) is 0.708. The fraction of sp³-hybridized carbons (Fsp3) is 1.00. The molecule has 2 aliphatic heterocycles. The summed E-state index contributed by atoms with van der Waals surface area (Å²) in [4.78, 5) is 2.60. The lowest BCUT2D eigenvalue weighted by atomic mass is 10.0. The molecule has 3 heteroatoms. The van der Waals surface area contributed by atoms with E-state index in [1.807, 2.05) is 0 Å². The highest BCUT2D eigenvalue weighted by atomic mass is 16.5. The third-order valence-corrected chi connectivity index (χ3v) is 3.20. The minimum Gasteiger partial charge on any atom is -0.381 e. The first-order valence-electron chi connectivity index (χ1n) is 5.96. The molecule has 0 bridgehead atoms. The minimum absolute atomic E-state index is 0.793. The topological polar surface area (TPSA) is 24.5 Å². The molecule has 3 nitrogen and oxygen atoms in total. The van der Waals surface area contributed by atoms with Gasteiger partial charge in [-0.2, -0.15) is 0 Å². The van der Waals surface area contributed by atoms with Crippen LogP contribution in [0.5, 0.6) is 0 Å². The maximum absolute atomic E-state index is 5.51. The van der Waals surface area contributed by atoms with E-state index >= 15 is 0 Å². The molecule has 0 saturated carbocycles. The van der Waals surface area contributed by atoms with Gasteiger partial charge in [0, 0.05) is 26.2 Å². The van der Waals surface area contributed by atoms with Crippen molar-refractivity contribution in [2.45, 2.75) is 19.3 Å². The number of hydrogen-bond acceptors (Lipinski definition) is 3. The largest absolute Gasteiger partial charge is 0.381 e. The molecule has 2 rings (SSSR count). The van der Waals surface area contributed by atoms with E-state index in [1.54, 1.807) is 0 Å². The van der Waals surface area contributed by atoms with Gasteiger partial charge in [-0.05, 0) is 38.3 Å². The van der Waals surface area contributed by atoms with Crippen LogP contribution < -0.4 is 5.32 Å². The number of ether oxygens (including phenoxy) is 1.